The van der Waals surface area contributed by atoms with E-state index in [1.807, 2.05) is 18.7 Å². The Hall–Kier alpha value is -1.10. The fraction of sp³-hybridized carbons (Fsp3) is 0.846. The maximum atomic E-state index is 12.4. The van der Waals surface area contributed by atoms with Crippen LogP contribution in [-0.2, 0) is 9.59 Å². The average molecular weight is 253 g/mol. The average Bonchev–Trinajstić information content (AvgIpc) is 2.36. The molecular formula is C13H23N3O2. The third-order valence-electron chi connectivity index (χ3n) is 4.16. The lowest BCUT2D eigenvalue weighted by atomic mass is 9.97. The molecule has 0 bridgehead atoms. The molecular weight excluding hydrogens is 230 g/mol. The van der Waals surface area contributed by atoms with Gasteiger partial charge in [-0.05, 0) is 46.3 Å². The van der Waals surface area contributed by atoms with Gasteiger partial charge in [0.05, 0.1) is 0 Å². The number of amides is 2. The lowest BCUT2D eigenvalue weighted by Crippen LogP contribution is -2.65. The van der Waals surface area contributed by atoms with Gasteiger partial charge in [0, 0.05) is 6.04 Å². The molecule has 2 atom stereocenters. The summed E-state index contributed by atoms with van der Waals surface area (Å²) in [5, 5.41) is 2.80. The minimum atomic E-state index is -0.326. The lowest BCUT2D eigenvalue weighted by Gasteiger charge is -2.44. The smallest absolute Gasteiger partial charge is 0.246 e. The molecule has 2 rings (SSSR count). The molecule has 0 saturated carbocycles. The van der Waals surface area contributed by atoms with E-state index in [2.05, 4.69) is 17.3 Å². The molecule has 0 aromatic rings. The zero-order valence-corrected chi connectivity index (χ0v) is 11.5. The number of piperazine rings is 1. The van der Waals surface area contributed by atoms with Gasteiger partial charge in [0.15, 0.2) is 0 Å². The molecule has 5 heteroatoms. The molecule has 0 spiro atoms. The van der Waals surface area contributed by atoms with Crippen LogP contribution in [0.5, 0.6) is 0 Å². The van der Waals surface area contributed by atoms with Crippen molar-refractivity contribution in [2.75, 3.05) is 20.1 Å². The van der Waals surface area contributed by atoms with E-state index < -0.39 is 0 Å². The van der Waals surface area contributed by atoms with Gasteiger partial charge >= 0.3 is 0 Å². The largest absolute Gasteiger partial charge is 0.343 e. The summed E-state index contributed by atoms with van der Waals surface area (Å²) in [6.45, 7) is 5.77. The first kappa shape index (κ1) is 13.3. The number of carbonyl (C=O) groups is 2. The van der Waals surface area contributed by atoms with Crippen LogP contribution in [0.15, 0.2) is 0 Å². The third kappa shape index (κ3) is 2.36. The highest BCUT2D eigenvalue weighted by atomic mass is 16.2. The highest BCUT2D eigenvalue weighted by molar-refractivity contribution is 5.96. The highest BCUT2D eigenvalue weighted by Crippen LogP contribution is 2.22. The molecule has 2 amide bonds. The zero-order chi connectivity index (χ0) is 13.3. The molecule has 102 valence electrons. The molecule has 2 aliphatic heterocycles. The van der Waals surface area contributed by atoms with Crippen LogP contribution in [0, 0.1) is 0 Å². The van der Waals surface area contributed by atoms with E-state index in [4.69, 9.17) is 0 Å². The first-order valence-electron chi connectivity index (χ1n) is 6.85. The van der Waals surface area contributed by atoms with Gasteiger partial charge in [-0.1, -0.05) is 6.92 Å². The van der Waals surface area contributed by atoms with Crippen LogP contribution in [0.4, 0.5) is 0 Å². The number of nitrogens with one attached hydrogen (secondary N) is 1. The van der Waals surface area contributed by atoms with Crippen LogP contribution in [0.25, 0.3) is 0 Å². The Labute approximate surface area is 108 Å². The van der Waals surface area contributed by atoms with E-state index in [-0.39, 0.29) is 29.9 Å². The van der Waals surface area contributed by atoms with E-state index in [1.165, 1.54) is 0 Å². The Balaban J connectivity index is 2.12. The summed E-state index contributed by atoms with van der Waals surface area (Å²) in [5.41, 5.74) is 0. The van der Waals surface area contributed by atoms with Crippen LogP contribution in [0.2, 0.25) is 0 Å². The molecule has 2 fully saturated rings. The van der Waals surface area contributed by atoms with Gasteiger partial charge in [-0.2, -0.15) is 0 Å². The van der Waals surface area contributed by atoms with Crippen molar-refractivity contribution in [3.05, 3.63) is 0 Å². The van der Waals surface area contributed by atoms with E-state index in [1.54, 1.807) is 0 Å². The molecule has 1 N–H and O–H groups in total. The third-order valence-corrected chi connectivity index (χ3v) is 4.16. The van der Waals surface area contributed by atoms with Crippen molar-refractivity contribution in [1.82, 2.24) is 15.1 Å². The Morgan fingerprint density at radius 3 is 2.44 bits per heavy atom. The van der Waals surface area contributed by atoms with E-state index >= 15 is 0 Å². The Bertz CT molecular complexity index is 337. The van der Waals surface area contributed by atoms with Crippen molar-refractivity contribution < 1.29 is 9.59 Å². The normalized spacial score (nSPS) is 31.6. The first-order valence-corrected chi connectivity index (χ1v) is 6.85. The topological polar surface area (TPSA) is 52.7 Å². The summed E-state index contributed by atoms with van der Waals surface area (Å²) in [7, 11) is 2.10. The number of hydrogen-bond donors (Lipinski definition) is 1. The van der Waals surface area contributed by atoms with Crippen molar-refractivity contribution in [2.24, 2.45) is 0 Å². The lowest BCUT2D eigenvalue weighted by molar-refractivity contribution is -0.152. The van der Waals surface area contributed by atoms with Gasteiger partial charge in [0.2, 0.25) is 11.8 Å². The number of rotatable bonds is 2. The van der Waals surface area contributed by atoms with Crippen molar-refractivity contribution >= 4 is 11.8 Å². The van der Waals surface area contributed by atoms with Gasteiger partial charge in [-0.25, -0.2) is 0 Å². The molecule has 0 radical (unpaired) electrons. The summed E-state index contributed by atoms with van der Waals surface area (Å²) >= 11 is 0. The summed E-state index contributed by atoms with van der Waals surface area (Å²) in [5.74, 6) is 0.0829. The minimum Gasteiger partial charge on any atom is -0.343 e. The quantitative estimate of drug-likeness (QED) is 0.765. The Morgan fingerprint density at radius 2 is 1.89 bits per heavy atom. The highest BCUT2D eigenvalue weighted by Gasteiger charge is 2.41. The maximum Gasteiger partial charge on any atom is 0.246 e. The molecule has 0 aromatic heterocycles. The molecule has 18 heavy (non-hydrogen) atoms. The fourth-order valence-corrected chi connectivity index (χ4v) is 2.90. The van der Waals surface area contributed by atoms with E-state index in [0.29, 0.717) is 6.42 Å². The van der Waals surface area contributed by atoms with Crippen LogP contribution < -0.4 is 5.32 Å². The van der Waals surface area contributed by atoms with Crippen LogP contribution >= 0.6 is 0 Å². The number of nitrogens with zero attached hydrogens (tertiary/aromatic N) is 2. The second-order valence-corrected chi connectivity index (χ2v) is 5.43. The predicted molar refractivity (Wildman–Crippen MR) is 69.0 cm³/mol. The monoisotopic (exact) mass is 253 g/mol. The van der Waals surface area contributed by atoms with E-state index in [9.17, 15) is 9.59 Å². The summed E-state index contributed by atoms with van der Waals surface area (Å²) in [4.78, 5) is 28.4. The minimum absolute atomic E-state index is 0.0135. The van der Waals surface area contributed by atoms with Crippen molar-refractivity contribution in [1.29, 1.82) is 0 Å². The Kier molecular flexibility index (Phi) is 3.90. The van der Waals surface area contributed by atoms with E-state index in [0.717, 1.165) is 25.9 Å². The summed E-state index contributed by atoms with van der Waals surface area (Å²) < 4.78 is 0. The van der Waals surface area contributed by atoms with Gasteiger partial charge < -0.3 is 15.1 Å². The molecule has 0 aliphatic carbocycles. The van der Waals surface area contributed by atoms with Crippen LogP contribution in [0.3, 0.4) is 0 Å². The number of hydrogen-bond acceptors (Lipinski definition) is 3. The van der Waals surface area contributed by atoms with Gasteiger partial charge in [0.25, 0.3) is 0 Å². The molecule has 2 heterocycles. The summed E-state index contributed by atoms with van der Waals surface area (Å²) in [6, 6.07) is -0.425. The summed E-state index contributed by atoms with van der Waals surface area (Å²) in [6.07, 6.45) is 2.60. The first-order chi connectivity index (χ1) is 8.54. The standard InChI is InChI=1S/C13H23N3O2/c1-4-11-13(18)16(9(2)12(17)14-11)10-5-7-15(3)8-6-10/h9-11H,4-8H2,1-3H3,(H,14,17). The fourth-order valence-electron chi connectivity index (χ4n) is 2.90. The Morgan fingerprint density at radius 1 is 1.28 bits per heavy atom. The van der Waals surface area contributed by atoms with Crippen molar-refractivity contribution in [2.45, 2.75) is 51.2 Å². The molecule has 5 nitrogen and oxygen atoms in total. The maximum absolute atomic E-state index is 12.4. The number of carbonyl (C=O) groups excluding carboxylic acids is 2. The van der Waals surface area contributed by atoms with Crippen LogP contribution in [-0.4, -0.2) is 59.9 Å². The molecule has 2 unspecified atom stereocenters. The van der Waals surface area contributed by atoms with Gasteiger partial charge in [-0.3, -0.25) is 9.59 Å². The molecule has 0 aromatic carbocycles. The second-order valence-electron chi connectivity index (χ2n) is 5.43. The van der Waals surface area contributed by atoms with Crippen molar-refractivity contribution in [3.63, 3.8) is 0 Å². The van der Waals surface area contributed by atoms with Gasteiger partial charge in [0.1, 0.15) is 12.1 Å². The molecule has 2 aliphatic rings. The van der Waals surface area contributed by atoms with Crippen LogP contribution in [0.1, 0.15) is 33.1 Å². The molecule has 2 saturated heterocycles. The second kappa shape index (κ2) is 5.26. The van der Waals surface area contributed by atoms with Gasteiger partial charge in [-0.15, -0.1) is 0 Å². The van der Waals surface area contributed by atoms with Crippen molar-refractivity contribution in [3.8, 4) is 0 Å². The predicted octanol–water partition coefficient (Wildman–Crippen LogP) is 0.206. The SMILES string of the molecule is CCC1NC(=O)C(C)N(C2CCN(C)CC2)C1=O. The number of likely N-dealkylation sites (tertiary alicyclic amines) is 1. The number of piperidine rings is 1. The zero-order valence-electron chi connectivity index (χ0n) is 11.5.